The van der Waals surface area contributed by atoms with Crippen LogP contribution in [0.1, 0.15) is 59.5 Å². The van der Waals surface area contributed by atoms with Crippen LogP contribution in [-0.4, -0.2) is 95.1 Å². The highest BCUT2D eigenvalue weighted by Gasteiger charge is 2.21. The van der Waals surface area contributed by atoms with Gasteiger partial charge in [0.2, 0.25) is 11.8 Å². The van der Waals surface area contributed by atoms with E-state index in [1.54, 1.807) is 0 Å². The molecule has 4 amide bonds. The summed E-state index contributed by atoms with van der Waals surface area (Å²) in [6, 6.07) is 7.24. The molecule has 0 unspecified atom stereocenters. The zero-order valence-corrected chi connectivity index (χ0v) is 36.5. The monoisotopic (exact) mass is 932 g/mol. The summed E-state index contributed by atoms with van der Waals surface area (Å²) < 4.78 is 0. The Morgan fingerprint density at radius 2 is 0.855 bits per heavy atom. The summed E-state index contributed by atoms with van der Waals surface area (Å²) in [7, 11) is 0. The number of thioether (sulfide) groups is 2. The average Bonchev–Trinajstić information content (AvgIpc) is 3.18. The second kappa shape index (κ2) is 26.2. The third-order valence-electron chi connectivity index (χ3n) is 7.90. The number of nitrogens with two attached hydrogens (primary N) is 4. The number of anilines is 4. The van der Waals surface area contributed by atoms with E-state index in [1.165, 1.54) is 53.9 Å². The highest BCUT2D eigenvalue weighted by Crippen LogP contribution is 2.39. The van der Waals surface area contributed by atoms with Gasteiger partial charge in [-0.25, -0.2) is 9.97 Å². The molecule has 0 spiro atoms. The molecule has 3 aromatic rings. The minimum absolute atomic E-state index is 0.153. The minimum atomic E-state index is -0.735. The molecule has 1 heterocycles. The number of benzene rings is 2. The summed E-state index contributed by atoms with van der Waals surface area (Å²) in [4.78, 5) is 62.4. The number of rotatable bonds is 24. The zero-order valence-electron chi connectivity index (χ0n) is 33.4. The van der Waals surface area contributed by atoms with Crippen molar-refractivity contribution in [2.45, 2.75) is 48.3 Å². The van der Waals surface area contributed by atoms with Gasteiger partial charge in [0.1, 0.15) is 17.7 Å². The van der Waals surface area contributed by atoms with Gasteiger partial charge in [-0.15, -0.1) is 23.5 Å². The van der Waals surface area contributed by atoms with Gasteiger partial charge < -0.3 is 65.5 Å². The number of carbonyl (C=O) groups is 4. The number of amides is 4. The standard InChI is InChI=1S/C36H50Cl2N18O4S2/c37-19-13-21(53-27(57)5-1-3-7-47-33(39)40)29(61-11-9-49-35(43)44)23(15-19)55-31(59)25-17-26(52-18-51-25)32(60)56-24-16-20(38)14-22(30(24)62-12-10-50-36(45)46)54-28(58)6-2-4-8-48-34(41)42/h13-18H,1-12H2,(H,53,57)(H,54,58)(H,55,59)(H,56,60)(H4,39,40,47)(H4,41,42,48)(H4,43,44,49)(H4,45,46,50). The maximum atomic E-state index is 13.7. The Morgan fingerprint density at radius 1 is 0.516 bits per heavy atom. The molecule has 0 aliphatic rings. The first kappa shape index (κ1) is 50.1. The van der Waals surface area contributed by atoms with Gasteiger partial charge in [0, 0.05) is 66.6 Å². The maximum absolute atomic E-state index is 13.7. The summed E-state index contributed by atoms with van der Waals surface area (Å²) >= 11 is 15.4. The Kier molecular flexibility index (Phi) is 21.2. The van der Waals surface area contributed by atoms with Crippen molar-refractivity contribution in [3.63, 3.8) is 0 Å². The molecule has 2 aromatic carbocycles. The molecule has 26 heteroatoms. The lowest BCUT2D eigenvalue weighted by atomic mass is 10.2. The van der Waals surface area contributed by atoms with Crippen LogP contribution in [0.5, 0.6) is 0 Å². The molecular formula is C36H50Cl2N18O4S2. The molecular weight excluding hydrogens is 884 g/mol. The van der Waals surface area contributed by atoms with Crippen molar-refractivity contribution in [3.8, 4) is 0 Å². The van der Waals surface area contributed by atoms with E-state index in [-0.39, 0.29) is 94.4 Å². The van der Waals surface area contributed by atoms with Gasteiger partial charge in [0.05, 0.1) is 32.5 Å². The molecule has 22 nitrogen and oxygen atoms in total. The van der Waals surface area contributed by atoms with E-state index in [0.29, 0.717) is 71.4 Å². The lowest BCUT2D eigenvalue weighted by Gasteiger charge is -2.18. The number of guanidine groups is 4. The van der Waals surface area contributed by atoms with Gasteiger partial charge >= 0.3 is 0 Å². The predicted octanol–water partition coefficient (Wildman–Crippen LogP) is 2.62. The van der Waals surface area contributed by atoms with Crippen molar-refractivity contribution in [3.05, 3.63) is 58.1 Å². The SMILES string of the molecule is N=C(N)NCCCCC(=O)Nc1cc(Cl)cc(NC(=O)c2cc(C(=O)Nc3cc(Cl)cc(NC(=O)CCCCNC(=N)N)c3SCCNC(=N)N)ncn2)c1SCCNC(=N)N. The first-order valence-corrected chi connectivity index (χ1v) is 21.5. The molecule has 0 saturated carbocycles. The lowest BCUT2D eigenvalue weighted by molar-refractivity contribution is -0.117. The molecule has 1 aromatic heterocycles. The van der Waals surface area contributed by atoms with Crippen LogP contribution in [0.25, 0.3) is 0 Å². The van der Waals surface area contributed by atoms with Crippen molar-refractivity contribution in [1.82, 2.24) is 31.2 Å². The van der Waals surface area contributed by atoms with Crippen LogP contribution in [0.3, 0.4) is 0 Å². The van der Waals surface area contributed by atoms with E-state index < -0.39 is 11.8 Å². The van der Waals surface area contributed by atoms with Crippen molar-refractivity contribution < 1.29 is 19.2 Å². The smallest absolute Gasteiger partial charge is 0.274 e. The highest BCUT2D eigenvalue weighted by atomic mass is 35.5. The molecule has 0 radical (unpaired) electrons. The number of aromatic nitrogens is 2. The summed E-state index contributed by atoms with van der Waals surface area (Å²) in [5.41, 5.74) is 22.2. The van der Waals surface area contributed by atoms with Gasteiger partial charge in [-0.2, -0.15) is 0 Å². The third kappa shape index (κ3) is 18.6. The van der Waals surface area contributed by atoms with E-state index in [0.717, 1.165) is 6.33 Å². The molecule has 20 N–H and O–H groups in total. The quantitative estimate of drug-likeness (QED) is 0.0266. The van der Waals surface area contributed by atoms with E-state index >= 15 is 0 Å². The molecule has 0 fully saturated rings. The number of nitrogens with zero attached hydrogens (tertiary/aromatic N) is 2. The lowest BCUT2D eigenvalue weighted by Crippen LogP contribution is -2.31. The Balaban J connectivity index is 1.85. The van der Waals surface area contributed by atoms with Crippen LogP contribution < -0.4 is 65.5 Å². The van der Waals surface area contributed by atoms with E-state index in [1.807, 2.05) is 0 Å². The fraction of sp³-hybridized carbons (Fsp3) is 0.333. The first-order valence-electron chi connectivity index (χ1n) is 18.8. The van der Waals surface area contributed by atoms with Crippen molar-refractivity contribution in [1.29, 1.82) is 21.6 Å². The predicted molar refractivity (Wildman–Crippen MR) is 247 cm³/mol. The van der Waals surface area contributed by atoms with Crippen molar-refractivity contribution in [2.75, 3.05) is 59.0 Å². The number of hydrogen-bond acceptors (Lipinski definition) is 12. The first-order chi connectivity index (χ1) is 29.5. The number of halogens is 2. The topological polar surface area (TPSA) is 390 Å². The molecule has 334 valence electrons. The third-order valence-corrected chi connectivity index (χ3v) is 10.6. The van der Waals surface area contributed by atoms with Crippen molar-refractivity contribution >= 4 is 117 Å². The number of hydrogen-bond donors (Lipinski definition) is 16. The fourth-order valence-electron chi connectivity index (χ4n) is 5.22. The van der Waals surface area contributed by atoms with E-state index in [9.17, 15) is 19.2 Å². The van der Waals surface area contributed by atoms with Crippen LogP contribution in [0, 0.1) is 21.6 Å². The van der Waals surface area contributed by atoms with Gasteiger partial charge in [0.25, 0.3) is 11.8 Å². The van der Waals surface area contributed by atoms with Crippen LogP contribution in [0.4, 0.5) is 22.7 Å². The molecule has 3 rings (SSSR count). The Hall–Kier alpha value is -6.24. The average molecular weight is 934 g/mol. The number of unbranched alkanes of at least 4 members (excludes halogenated alkanes) is 2. The molecule has 0 bridgehead atoms. The zero-order chi connectivity index (χ0) is 45.6. The van der Waals surface area contributed by atoms with Crippen LogP contribution in [0.2, 0.25) is 10.0 Å². The Bertz CT molecular complexity index is 1990. The maximum Gasteiger partial charge on any atom is 0.274 e. The molecule has 0 aliphatic carbocycles. The van der Waals surface area contributed by atoms with Crippen LogP contribution in [0.15, 0.2) is 46.5 Å². The molecule has 0 atom stereocenters. The van der Waals surface area contributed by atoms with E-state index in [2.05, 4.69) is 52.5 Å². The highest BCUT2D eigenvalue weighted by molar-refractivity contribution is 7.99. The van der Waals surface area contributed by atoms with Gasteiger partial charge in [0.15, 0.2) is 23.8 Å². The molecule has 0 aliphatic heterocycles. The number of nitrogens with one attached hydrogen (secondary N) is 12. The Labute approximate surface area is 375 Å². The minimum Gasteiger partial charge on any atom is -0.370 e. The number of carbonyl (C=O) groups excluding carboxylic acids is 4. The van der Waals surface area contributed by atoms with E-state index in [4.69, 9.17) is 67.8 Å². The van der Waals surface area contributed by atoms with Crippen molar-refractivity contribution in [2.24, 2.45) is 22.9 Å². The normalized spacial score (nSPS) is 10.5. The fourth-order valence-corrected chi connectivity index (χ4v) is 7.53. The second-order valence-corrected chi connectivity index (χ2v) is 16.0. The summed E-state index contributed by atoms with van der Waals surface area (Å²) in [5, 5.41) is 51.8. The van der Waals surface area contributed by atoms with Gasteiger partial charge in [-0.3, -0.25) is 40.8 Å². The second-order valence-electron chi connectivity index (χ2n) is 12.9. The summed E-state index contributed by atoms with van der Waals surface area (Å²) in [5.74, 6) is -2.15. The van der Waals surface area contributed by atoms with Gasteiger partial charge in [-0.05, 0) is 49.9 Å². The van der Waals surface area contributed by atoms with Crippen LogP contribution in [-0.2, 0) is 9.59 Å². The molecule has 0 saturated heterocycles. The largest absolute Gasteiger partial charge is 0.370 e. The summed E-state index contributed by atoms with van der Waals surface area (Å²) in [6.45, 7) is 1.43. The Morgan fingerprint density at radius 3 is 1.21 bits per heavy atom. The van der Waals surface area contributed by atoms with Crippen LogP contribution >= 0.6 is 46.7 Å². The molecule has 62 heavy (non-hydrogen) atoms. The van der Waals surface area contributed by atoms with Gasteiger partial charge in [-0.1, -0.05) is 23.2 Å². The summed E-state index contributed by atoms with van der Waals surface area (Å²) in [6.07, 6.45) is 3.53.